The molecule has 92 valence electrons. The van der Waals surface area contributed by atoms with Gasteiger partial charge in [-0.2, -0.15) is 0 Å². The van der Waals surface area contributed by atoms with Crippen molar-refractivity contribution in [2.75, 3.05) is 13.7 Å². The normalized spacial score (nSPS) is 9.82. The lowest BCUT2D eigenvalue weighted by atomic mass is 10.2. The van der Waals surface area contributed by atoms with Crippen molar-refractivity contribution in [1.29, 1.82) is 0 Å². The monoisotopic (exact) mass is 369 g/mol. The number of aliphatic carboxylic acids is 1. The predicted octanol–water partition coefficient (Wildman–Crippen LogP) is 1.77. The third-order valence-corrected chi connectivity index (χ3v) is 3.41. The lowest BCUT2D eigenvalue weighted by Crippen LogP contribution is -2.29. The smallest absolute Gasteiger partial charge is 0.322 e. The van der Waals surface area contributed by atoms with E-state index in [0.717, 1.165) is 3.57 Å². The van der Waals surface area contributed by atoms with Crippen LogP contribution >= 0.6 is 34.2 Å². The molecule has 0 fully saturated rings. The van der Waals surface area contributed by atoms with Crippen LogP contribution in [0.25, 0.3) is 0 Å². The van der Waals surface area contributed by atoms with Gasteiger partial charge in [0.15, 0.2) is 0 Å². The average molecular weight is 370 g/mol. The molecule has 0 atom stereocenters. The van der Waals surface area contributed by atoms with E-state index in [4.69, 9.17) is 21.4 Å². The number of amides is 1. The molecule has 1 rings (SSSR count). The molecule has 0 aromatic heterocycles. The van der Waals surface area contributed by atoms with Crippen LogP contribution in [0, 0.1) is 3.57 Å². The van der Waals surface area contributed by atoms with Crippen LogP contribution in [0.4, 0.5) is 0 Å². The lowest BCUT2D eigenvalue weighted by molar-refractivity contribution is -0.135. The summed E-state index contributed by atoms with van der Waals surface area (Å²) < 4.78 is 5.78. The Morgan fingerprint density at radius 2 is 2.18 bits per heavy atom. The molecule has 0 heterocycles. The molecule has 0 aliphatic carbocycles. The Labute approximate surface area is 116 Å². The number of hydrogen-bond donors (Lipinski definition) is 2. The highest BCUT2D eigenvalue weighted by molar-refractivity contribution is 14.1. The van der Waals surface area contributed by atoms with Crippen LogP contribution < -0.4 is 10.1 Å². The first kappa shape index (κ1) is 14.0. The molecule has 1 amide bonds. The number of carboxylic acid groups (broad SMARTS) is 1. The van der Waals surface area contributed by atoms with Gasteiger partial charge in [0.1, 0.15) is 12.3 Å². The molecule has 0 unspecified atom stereocenters. The Kier molecular flexibility index (Phi) is 5.01. The molecule has 0 bridgehead atoms. The van der Waals surface area contributed by atoms with E-state index in [2.05, 4.69) is 5.32 Å². The Bertz CT molecular complexity index is 464. The van der Waals surface area contributed by atoms with Crippen molar-refractivity contribution < 1.29 is 19.4 Å². The van der Waals surface area contributed by atoms with Crippen molar-refractivity contribution in [1.82, 2.24) is 5.32 Å². The number of carbonyl (C=O) groups excluding carboxylic acids is 1. The van der Waals surface area contributed by atoms with E-state index >= 15 is 0 Å². The summed E-state index contributed by atoms with van der Waals surface area (Å²) >= 11 is 7.90. The minimum atomic E-state index is -1.12. The van der Waals surface area contributed by atoms with Crippen molar-refractivity contribution in [3.8, 4) is 5.75 Å². The van der Waals surface area contributed by atoms with Crippen molar-refractivity contribution in [2.45, 2.75) is 0 Å². The highest BCUT2D eigenvalue weighted by Gasteiger charge is 2.15. The fraction of sp³-hybridized carbons (Fsp3) is 0.200. The highest BCUT2D eigenvalue weighted by atomic mass is 127. The first-order valence-electron chi connectivity index (χ1n) is 4.48. The summed E-state index contributed by atoms with van der Waals surface area (Å²) in [4.78, 5) is 22.0. The number of benzene rings is 1. The SMILES string of the molecule is COc1cc(I)c(Cl)cc1C(=O)NCC(=O)O. The van der Waals surface area contributed by atoms with Gasteiger partial charge in [0, 0.05) is 3.57 Å². The summed E-state index contributed by atoms with van der Waals surface area (Å²) in [6, 6.07) is 3.05. The maximum absolute atomic E-state index is 11.7. The zero-order valence-corrected chi connectivity index (χ0v) is 11.7. The zero-order chi connectivity index (χ0) is 13.0. The van der Waals surface area contributed by atoms with Gasteiger partial charge in [-0.3, -0.25) is 9.59 Å². The number of halogens is 2. The minimum Gasteiger partial charge on any atom is -0.496 e. The summed E-state index contributed by atoms with van der Waals surface area (Å²) in [5.41, 5.74) is 0.208. The number of methoxy groups -OCH3 is 1. The van der Waals surface area contributed by atoms with Crippen LogP contribution in [0.1, 0.15) is 10.4 Å². The van der Waals surface area contributed by atoms with E-state index in [1.807, 2.05) is 22.6 Å². The maximum Gasteiger partial charge on any atom is 0.322 e. The molecule has 17 heavy (non-hydrogen) atoms. The first-order chi connectivity index (χ1) is 7.95. The largest absolute Gasteiger partial charge is 0.496 e. The van der Waals surface area contributed by atoms with Gasteiger partial charge in [-0.25, -0.2) is 0 Å². The van der Waals surface area contributed by atoms with Gasteiger partial charge < -0.3 is 15.2 Å². The molecular weight excluding hydrogens is 360 g/mol. The van der Waals surface area contributed by atoms with Crippen LogP contribution in [0.3, 0.4) is 0 Å². The molecular formula is C10H9ClINO4. The van der Waals surface area contributed by atoms with Crippen molar-refractivity contribution in [2.24, 2.45) is 0 Å². The van der Waals surface area contributed by atoms with E-state index < -0.39 is 18.4 Å². The number of carboxylic acids is 1. The standard InChI is InChI=1S/C10H9ClINO4/c1-17-8-3-7(12)6(11)2-5(8)10(16)13-4-9(14)15/h2-3H,4H2,1H3,(H,13,16)(H,14,15). The molecule has 1 aromatic rings. The van der Waals surface area contributed by atoms with Gasteiger partial charge >= 0.3 is 5.97 Å². The quantitative estimate of drug-likeness (QED) is 0.793. The van der Waals surface area contributed by atoms with E-state index in [0.29, 0.717) is 10.8 Å². The highest BCUT2D eigenvalue weighted by Crippen LogP contribution is 2.28. The Hall–Kier alpha value is -1.02. The Morgan fingerprint density at radius 1 is 1.53 bits per heavy atom. The number of nitrogens with one attached hydrogen (secondary N) is 1. The third kappa shape index (κ3) is 3.74. The average Bonchev–Trinajstić information content (AvgIpc) is 2.28. The van der Waals surface area contributed by atoms with Gasteiger partial charge in [0.25, 0.3) is 5.91 Å². The van der Waals surface area contributed by atoms with E-state index in [9.17, 15) is 9.59 Å². The summed E-state index contributed by atoms with van der Waals surface area (Å²) in [7, 11) is 1.42. The fourth-order valence-electron chi connectivity index (χ4n) is 1.13. The summed E-state index contributed by atoms with van der Waals surface area (Å²) in [6.07, 6.45) is 0. The second-order valence-electron chi connectivity index (χ2n) is 3.04. The van der Waals surface area contributed by atoms with Gasteiger partial charge in [0.05, 0.1) is 17.7 Å². The summed E-state index contributed by atoms with van der Waals surface area (Å²) in [5.74, 6) is -1.31. The van der Waals surface area contributed by atoms with Crippen molar-refractivity contribution in [3.05, 3.63) is 26.3 Å². The molecule has 0 spiro atoms. The summed E-state index contributed by atoms with van der Waals surface area (Å²) in [5, 5.41) is 11.1. The van der Waals surface area contributed by atoms with Crippen LogP contribution in [-0.2, 0) is 4.79 Å². The second kappa shape index (κ2) is 6.06. The molecule has 7 heteroatoms. The maximum atomic E-state index is 11.7. The number of ether oxygens (including phenoxy) is 1. The number of rotatable bonds is 4. The van der Waals surface area contributed by atoms with E-state index in [1.165, 1.54) is 13.2 Å². The Morgan fingerprint density at radius 3 is 2.71 bits per heavy atom. The van der Waals surface area contributed by atoms with Gasteiger partial charge in [-0.15, -0.1) is 0 Å². The topological polar surface area (TPSA) is 75.6 Å². The van der Waals surface area contributed by atoms with Crippen molar-refractivity contribution in [3.63, 3.8) is 0 Å². The van der Waals surface area contributed by atoms with Crippen molar-refractivity contribution >= 4 is 46.1 Å². The molecule has 5 nitrogen and oxygen atoms in total. The molecule has 0 saturated carbocycles. The number of carbonyl (C=O) groups is 2. The van der Waals surface area contributed by atoms with Crippen LogP contribution in [0.5, 0.6) is 5.75 Å². The van der Waals surface area contributed by atoms with E-state index in [1.54, 1.807) is 6.07 Å². The summed E-state index contributed by atoms with van der Waals surface area (Å²) in [6.45, 7) is -0.453. The fourth-order valence-corrected chi connectivity index (χ4v) is 1.73. The lowest BCUT2D eigenvalue weighted by Gasteiger charge is -2.09. The molecule has 2 N–H and O–H groups in total. The van der Waals surface area contributed by atoms with Crippen LogP contribution in [-0.4, -0.2) is 30.6 Å². The molecule has 0 saturated heterocycles. The predicted molar refractivity (Wildman–Crippen MR) is 70.7 cm³/mol. The van der Waals surface area contributed by atoms with Crippen LogP contribution in [0.15, 0.2) is 12.1 Å². The molecule has 1 aromatic carbocycles. The van der Waals surface area contributed by atoms with Gasteiger partial charge in [0.2, 0.25) is 0 Å². The third-order valence-electron chi connectivity index (χ3n) is 1.89. The van der Waals surface area contributed by atoms with E-state index in [-0.39, 0.29) is 5.56 Å². The second-order valence-corrected chi connectivity index (χ2v) is 4.61. The zero-order valence-electron chi connectivity index (χ0n) is 8.79. The minimum absolute atomic E-state index is 0.208. The van der Waals surface area contributed by atoms with Crippen LogP contribution in [0.2, 0.25) is 5.02 Å². The Balaban J connectivity index is 2.99. The molecule has 0 aliphatic rings. The first-order valence-corrected chi connectivity index (χ1v) is 5.94. The molecule has 0 aliphatic heterocycles. The number of hydrogen-bond acceptors (Lipinski definition) is 3. The molecule has 0 radical (unpaired) electrons. The van der Waals surface area contributed by atoms with Gasteiger partial charge in [-0.05, 0) is 34.7 Å². The van der Waals surface area contributed by atoms with Gasteiger partial charge in [-0.1, -0.05) is 11.6 Å².